The molecule has 0 bridgehead atoms. The van der Waals surface area contributed by atoms with Gasteiger partial charge in [0.2, 0.25) is 0 Å². The normalized spacial score (nSPS) is 10.7. The summed E-state index contributed by atoms with van der Waals surface area (Å²) >= 11 is 3.33. The molecule has 2 aromatic heterocycles. The highest BCUT2D eigenvalue weighted by Gasteiger charge is 2.13. The number of para-hydroxylation sites is 1. The van der Waals surface area contributed by atoms with Gasteiger partial charge in [-0.3, -0.25) is 4.79 Å². The average molecular weight is 331 g/mol. The molecule has 0 aliphatic heterocycles. The molecule has 2 heterocycles. The number of pyridine rings is 1. The predicted octanol–water partition coefficient (Wildman–Crippen LogP) is 4.15. The molecule has 0 aliphatic carbocycles. The Balaban J connectivity index is 1.91. The van der Waals surface area contributed by atoms with Crippen molar-refractivity contribution < 1.29 is 9.21 Å². The van der Waals surface area contributed by atoms with Gasteiger partial charge in [0.25, 0.3) is 5.91 Å². The van der Waals surface area contributed by atoms with Crippen LogP contribution in [0.3, 0.4) is 0 Å². The second-order valence-electron chi connectivity index (χ2n) is 4.43. The van der Waals surface area contributed by atoms with Gasteiger partial charge in [-0.2, -0.15) is 0 Å². The molecule has 1 amide bonds. The molecule has 0 atom stereocenters. The van der Waals surface area contributed by atoms with E-state index in [4.69, 9.17) is 4.42 Å². The number of amides is 1. The molecular formula is C15H11BrN2O2. The molecule has 0 radical (unpaired) electrons. The van der Waals surface area contributed by atoms with Crippen LogP contribution >= 0.6 is 15.9 Å². The summed E-state index contributed by atoms with van der Waals surface area (Å²) in [6.07, 6.45) is 3.08. The van der Waals surface area contributed by atoms with Crippen LogP contribution in [0.5, 0.6) is 0 Å². The van der Waals surface area contributed by atoms with Gasteiger partial charge in [0, 0.05) is 5.39 Å². The molecule has 0 saturated carbocycles. The zero-order valence-corrected chi connectivity index (χ0v) is 12.3. The molecule has 4 nitrogen and oxygen atoms in total. The Hall–Kier alpha value is -2.14. The first kappa shape index (κ1) is 12.9. The summed E-state index contributed by atoms with van der Waals surface area (Å²) in [5, 5.41) is 3.62. The first-order chi connectivity index (χ1) is 9.65. The van der Waals surface area contributed by atoms with Crippen LogP contribution in [0.25, 0.3) is 11.0 Å². The number of aryl methyl sites for hydroxylation is 1. The molecular weight excluding hydrogens is 320 g/mol. The van der Waals surface area contributed by atoms with Crippen LogP contribution in [0, 0.1) is 6.92 Å². The fourth-order valence-corrected chi connectivity index (χ4v) is 2.20. The molecule has 0 saturated heterocycles. The summed E-state index contributed by atoms with van der Waals surface area (Å²) in [6, 6.07) is 9.29. The Bertz CT molecular complexity index is 795. The molecule has 20 heavy (non-hydrogen) atoms. The minimum Gasteiger partial charge on any atom is -0.463 e. The Kier molecular flexibility index (Phi) is 3.28. The zero-order chi connectivity index (χ0) is 14.1. The quantitative estimate of drug-likeness (QED) is 0.718. The maximum Gasteiger partial charge on any atom is 0.259 e. The molecule has 0 fully saturated rings. The second kappa shape index (κ2) is 5.09. The van der Waals surface area contributed by atoms with Crippen molar-refractivity contribution in [1.82, 2.24) is 4.98 Å². The fourth-order valence-electron chi connectivity index (χ4n) is 1.98. The third kappa shape index (κ3) is 2.32. The van der Waals surface area contributed by atoms with Gasteiger partial charge in [0.1, 0.15) is 16.4 Å². The summed E-state index contributed by atoms with van der Waals surface area (Å²) in [7, 11) is 0. The number of halogens is 1. The van der Waals surface area contributed by atoms with Crippen molar-refractivity contribution in [1.29, 1.82) is 0 Å². The van der Waals surface area contributed by atoms with Crippen molar-refractivity contribution in [3.8, 4) is 0 Å². The second-order valence-corrected chi connectivity index (χ2v) is 5.18. The monoisotopic (exact) mass is 330 g/mol. The van der Waals surface area contributed by atoms with E-state index in [0.717, 1.165) is 15.6 Å². The summed E-state index contributed by atoms with van der Waals surface area (Å²) in [4.78, 5) is 16.4. The van der Waals surface area contributed by atoms with Gasteiger partial charge >= 0.3 is 0 Å². The Morgan fingerprint density at radius 2 is 2.15 bits per heavy atom. The zero-order valence-electron chi connectivity index (χ0n) is 10.7. The predicted molar refractivity (Wildman–Crippen MR) is 80.8 cm³/mol. The minimum absolute atomic E-state index is 0.210. The molecule has 1 aromatic carbocycles. The van der Waals surface area contributed by atoms with E-state index < -0.39 is 0 Å². The van der Waals surface area contributed by atoms with Gasteiger partial charge in [-0.25, -0.2) is 4.98 Å². The van der Waals surface area contributed by atoms with Crippen LogP contribution < -0.4 is 5.32 Å². The van der Waals surface area contributed by atoms with E-state index in [1.165, 1.54) is 6.26 Å². The number of fused-ring (bicyclic) bond motifs is 1. The van der Waals surface area contributed by atoms with E-state index in [0.29, 0.717) is 16.8 Å². The number of nitrogens with zero attached hydrogens (tertiary/aromatic N) is 1. The summed E-state index contributed by atoms with van der Waals surface area (Å²) in [5.41, 5.74) is 2.82. The molecule has 3 aromatic rings. The van der Waals surface area contributed by atoms with Crippen LogP contribution in [0.1, 0.15) is 15.9 Å². The number of aromatic nitrogens is 1. The van der Waals surface area contributed by atoms with Crippen molar-refractivity contribution in [3.05, 3.63) is 58.5 Å². The van der Waals surface area contributed by atoms with Crippen molar-refractivity contribution in [2.24, 2.45) is 0 Å². The lowest BCUT2D eigenvalue weighted by molar-refractivity contribution is 0.102. The third-order valence-corrected chi connectivity index (χ3v) is 3.83. The maximum atomic E-state index is 12.3. The van der Waals surface area contributed by atoms with Crippen molar-refractivity contribution in [2.45, 2.75) is 6.92 Å². The third-order valence-electron chi connectivity index (χ3n) is 3.00. The number of nitrogens with one attached hydrogen (secondary N) is 1. The molecule has 0 aliphatic rings. The van der Waals surface area contributed by atoms with Crippen LogP contribution in [-0.2, 0) is 0 Å². The number of hydrogen-bond donors (Lipinski definition) is 1. The molecule has 3 rings (SSSR count). The Morgan fingerprint density at radius 3 is 2.95 bits per heavy atom. The Morgan fingerprint density at radius 1 is 1.35 bits per heavy atom. The number of benzene rings is 1. The Labute approximate surface area is 123 Å². The number of carbonyl (C=O) groups excluding carboxylic acids is 1. The van der Waals surface area contributed by atoms with Gasteiger partial charge in [-0.15, -0.1) is 0 Å². The van der Waals surface area contributed by atoms with E-state index in [1.54, 1.807) is 6.20 Å². The van der Waals surface area contributed by atoms with Crippen molar-refractivity contribution in [2.75, 3.05) is 5.32 Å². The van der Waals surface area contributed by atoms with Gasteiger partial charge in [0.15, 0.2) is 0 Å². The highest BCUT2D eigenvalue weighted by molar-refractivity contribution is 9.10. The smallest absolute Gasteiger partial charge is 0.259 e. The van der Waals surface area contributed by atoms with Crippen LogP contribution in [0.15, 0.2) is 51.8 Å². The summed E-state index contributed by atoms with van der Waals surface area (Å²) < 4.78 is 6.13. The maximum absolute atomic E-state index is 12.3. The fraction of sp³-hybridized carbons (Fsp3) is 0.0667. The molecule has 5 heteroatoms. The molecule has 0 unspecified atom stereocenters. The van der Waals surface area contributed by atoms with Crippen molar-refractivity contribution in [3.63, 3.8) is 0 Å². The highest BCUT2D eigenvalue weighted by Crippen LogP contribution is 2.22. The SMILES string of the molecule is Cc1cc(NC(=O)c2coc3ccccc23)cnc1Br. The van der Waals surface area contributed by atoms with E-state index in [9.17, 15) is 4.79 Å². The van der Waals surface area contributed by atoms with Gasteiger partial charge < -0.3 is 9.73 Å². The average Bonchev–Trinajstić information content (AvgIpc) is 2.87. The number of carbonyl (C=O) groups is 1. The van der Waals surface area contributed by atoms with E-state index in [-0.39, 0.29) is 5.91 Å². The minimum atomic E-state index is -0.210. The lowest BCUT2D eigenvalue weighted by Crippen LogP contribution is -2.11. The lowest BCUT2D eigenvalue weighted by atomic mass is 10.1. The number of hydrogen-bond acceptors (Lipinski definition) is 3. The van der Waals surface area contributed by atoms with Crippen LogP contribution in [-0.4, -0.2) is 10.9 Å². The first-order valence-electron chi connectivity index (χ1n) is 6.05. The largest absolute Gasteiger partial charge is 0.463 e. The molecule has 0 spiro atoms. The van der Waals surface area contributed by atoms with Crippen LogP contribution in [0.2, 0.25) is 0 Å². The van der Waals surface area contributed by atoms with Gasteiger partial charge in [0.05, 0.1) is 17.4 Å². The summed E-state index contributed by atoms with van der Waals surface area (Å²) in [5.74, 6) is -0.210. The highest BCUT2D eigenvalue weighted by atomic mass is 79.9. The van der Waals surface area contributed by atoms with Crippen LogP contribution in [0.4, 0.5) is 5.69 Å². The molecule has 100 valence electrons. The van der Waals surface area contributed by atoms with E-state index in [2.05, 4.69) is 26.2 Å². The number of furan rings is 1. The lowest BCUT2D eigenvalue weighted by Gasteiger charge is -2.05. The number of anilines is 1. The standard InChI is InChI=1S/C15H11BrN2O2/c1-9-6-10(7-17-14(9)16)18-15(19)12-8-20-13-5-3-2-4-11(12)13/h2-8H,1H3,(H,18,19). The van der Waals surface area contributed by atoms with Gasteiger partial charge in [-0.1, -0.05) is 18.2 Å². The van der Waals surface area contributed by atoms with E-state index in [1.807, 2.05) is 37.3 Å². The first-order valence-corrected chi connectivity index (χ1v) is 6.84. The number of rotatable bonds is 2. The topological polar surface area (TPSA) is 55.1 Å². The van der Waals surface area contributed by atoms with E-state index >= 15 is 0 Å². The molecule has 1 N–H and O–H groups in total. The summed E-state index contributed by atoms with van der Waals surface area (Å²) in [6.45, 7) is 1.92. The van der Waals surface area contributed by atoms with Crippen molar-refractivity contribution >= 4 is 38.5 Å². The van der Waals surface area contributed by atoms with Gasteiger partial charge in [-0.05, 0) is 40.5 Å².